The van der Waals surface area contributed by atoms with Crippen LogP contribution in [0.5, 0.6) is 5.75 Å². The second-order valence-corrected chi connectivity index (χ2v) is 5.05. The van der Waals surface area contributed by atoms with E-state index >= 15 is 0 Å². The summed E-state index contributed by atoms with van der Waals surface area (Å²) in [5.74, 6) is 0.624. The fraction of sp³-hybridized carbons (Fsp3) is 0.308. The van der Waals surface area contributed by atoms with Gasteiger partial charge in [-0.05, 0) is 43.6 Å². The van der Waals surface area contributed by atoms with Crippen molar-refractivity contribution in [1.82, 2.24) is 5.32 Å². The first kappa shape index (κ1) is 12.3. The lowest BCUT2D eigenvalue weighted by atomic mass is 10.0. The summed E-state index contributed by atoms with van der Waals surface area (Å²) >= 11 is 5.91. The van der Waals surface area contributed by atoms with Crippen LogP contribution < -0.4 is 21.1 Å². The molecule has 1 amide bonds. The van der Waals surface area contributed by atoms with Gasteiger partial charge in [0.2, 0.25) is 0 Å². The highest BCUT2D eigenvalue weighted by atomic mass is 35.5. The molecule has 0 radical (unpaired) electrons. The van der Waals surface area contributed by atoms with Crippen molar-refractivity contribution in [2.45, 2.75) is 12.8 Å². The van der Waals surface area contributed by atoms with Crippen molar-refractivity contribution in [2.75, 3.05) is 24.1 Å². The molecule has 100 valence electrons. The van der Waals surface area contributed by atoms with Gasteiger partial charge in [-0.3, -0.25) is 4.79 Å². The molecular weight excluding hydrogens is 266 g/mol. The minimum atomic E-state index is -0.230. The van der Waals surface area contributed by atoms with Gasteiger partial charge in [0, 0.05) is 5.02 Å². The number of carbonyl (C=O) groups excluding carboxylic acids is 1. The molecule has 6 heteroatoms. The Morgan fingerprint density at radius 1 is 1.26 bits per heavy atom. The molecule has 0 spiro atoms. The zero-order valence-electron chi connectivity index (χ0n) is 10.3. The van der Waals surface area contributed by atoms with Crippen molar-refractivity contribution in [3.63, 3.8) is 0 Å². The molecule has 0 bridgehead atoms. The molecule has 1 fully saturated rings. The molecule has 3 rings (SSSR count). The van der Waals surface area contributed by atoms with Gasteiger partial charge in [-0.2, -0.15) is 0 Å². The normalized spacial score (nSPS) is 18.7. The van der Waals surface area contributed by atoms with Crippen LogP contribution in [-0.2, 0) is 4.79 Å². The second-order valence-electron chi connectivity index (χ2n) is 4.61. The summed E-state index contributed by atoms with van der Waals surface area (Å²) in [6, 6.07) is 3.25. The maximum absolute atomic E-state index is 12.1. The Hall–Kier alpha value is -1.72. The van der Waals surface area contributed by atoms with Gasteiger partial charge in [0.1, 0.15) is 0 Å². The standard InChI is InChI=1S/C13H14ClN3O2/c14-8-5-9(15)12-10(6-8)17-13(18)11(19-12)7-1-3-16-4-2-7/h5-6,16H,1-4,15H2,(H,17,18). The molecule has 5 nitrogen and oxygen atoms in total. The van der Waals surface area contributed by atoms with Crippen LogP contribution in [0.15, 0.2) is 23.5 Å². The third-order valence-corrected chi connectivity index (χ3v) is 3.49. The van der Waals surface area contributed by atoms with Crippen LogP contribution in [-0.4, -0.2) is 19.0 Å². The molecule has 2 aliphatic rings. The third kappa shape index (κ3) is 2.27. The van der Waals surface area contributed by atoms with Gasteiger partial charge in [-0.15, -0.1) is 0 Å². The van der Waals surface area contributed by atoms with E-state index in [1.165, 1.54) is 0 Å². The summed E-state index contributed by atoms with van der Waals surface area (Å²) in [7, 11) is 0. The van der Waals surface area contributed by atoms with E-state index in [0.717, 1.165) is 31.5 Å². The minimum absolute atomic E-state index is 0.230. The van der Waals surface area contributed by atoms with Crippen molar-refractivity contribution in [1.29, 1.82) is 0 Å². The van der Waals surface area contributed by atoms with E-state index in [1.807, 2.05) is 0 Å². The van der Waals surface area contributed by atoms with Crippen LogP contribution in [0, 0.1) is 0 Å². The molecule has 0 atom stereocenters. The predicted molar refractivity (Wildman–Crippen MR) is 74.3 cm³/mol. The molecule has 4 N–H and O–H groups in total. The number of nitrogens with one attached hydrogen (secondary N) is 2. The van der Waals surface area contributed by atoms with Crippen molar-refractivity contribution >= 4 is 28.9 Å². The van der Waals surface area contributed by atoms with Crippen molar-refractivity contribution in [2.24, 2.45) is 0 Å². The number of halogens is 1. The number of hydrogen-bond acceptors (Lipinski definition) is 4. The second kappa shape index (κ2) is 4.75. The Balaban J connectivity index is 2.02. The van der Waals surface area contributed by atoms with Crippen molar-refractivity contribution < 1.29 is 9.53 Å². The molecule has 1 aromatic carbocycles. The van der Waals surface area contributed by atoms with E-state index in [0.29, 0.717) is 27.9 Å². The molecule has 0 aromatic heterocycles. The number of nitrogen functional groups attached to an aromatic ring is 1. The number of fused-ring (bicyclic) bond motifs is 1. The molecule has 2 aliphatic heterocycles. The summed E-state index contributed by atoms with van der Waals surface area (Å²) in [5.41, 5.74) is 7.86. The lowest BCUT2D eigenvalue weighted by Gasteiger charge is -2.25. The Morgan fingerprint density at radius 2 is 2.00 bits per heavy atom. The van der Waals surface area contributed by atoms with Gasteiger partial charge in [0.05, 0.1) is 11.4 Å². The SMILES string of the molecule is Nc1cc(Cl)cc2c1OC(=C1CCNCC1)C(=O)N2. The van der Waals surface area contributed by atoms with Gasteiger partial charge in [-0.25, -0.2) is 0 Å². The molecule has 19 heavy (non-hydrogen) atoms. The fourth-order valence-corrected chi connectivity index (χ4v) is 2.56. The van der Waals surface area contributed by atoms with E-state index in [9.17, 15) is 4.79 Å². The zero-order valence-corrected chi connectivity index (χ0v) is 11.0. The Bertz CT molecular complexity index is 575. The number of piperidine rings is 1. The summed E-state index contributed by atoms with van der Waals surface area (Å²) in [4.78, 5) is 12.1. The number of ether oxygens (including phenoxy) is 1. The number of benzene rings is 1. The van der Waals surface area contributed by atoms with Gasteiger partial charge in [0.15, 0.2) is 11.5 Å². The van der Waals surface area contributed by atoms with Crippen LogP contribution in [0.4, 0.5) is 11.4 Å². The minimum Gasteiger partial charge on any atom is -0.447 e. The third-order valence-electron chi connectivity index (χ3n) is 3.27. The molecular formula is C13H14ClN3O2. The maximum Gasteiger partial charge on any atom is 0.291 e. The fourth-order valence-electron chi connectivity index (χ4n) is 2.34. The van der Waals surface area contributed by atoms with E-state index in [1.54, 1.807) is 12.1 Å². The molecule has 1 saturated heterocycles. The number of anilines is 2. The van der Waals surface area contributed by atoms with Crippen LogP contribution in [0.1, 0.15) is 12.8 Å². The van der Waals surface area contributed by atoms with E-state index in [-0.39, 0.29) is 5.91 Å². The topological polar surface area (TPSA) is 76.4 Å². The number of carbonyl (C=O) groups is 1. The molecule has 1 aromatic rings. The number of amides is 1. The van der Waals surface area contributed by atoms with Crippen LogP contribution in [0.25, 0.3) is 0 Å². The molecule has 0 aliphatic carbocycles. The van der Waals surface area contributed by atoms with Gasteiger partial charge in [0.25, 0.3) is 5.91 Å². The average Bonchev–Trinajstić information content (AvgIpc) is 2.38. The highest BCUT2D eigenvalue weighted by Gasteiger charge is 2.27. The van der Waals surface area contributed by atoms with E-state index in [2.05, 4.69) is 10.6 Å². The maximum atomic E-state index is 12.1. The number of nitrogens with two attached hydrogens (primary N) is 1. The highest BCUT2D eigenvalue weighted by Crippen LogP contribution is 2.39. The number of rotatable bonds is 0. The summed E-state index contributed by atoms with van der Waals surface area (Å²) in [5, 5.41) is 6.50. The number of hydrogen-bond donors (Lipinski definition) is 3. The quantitative estimate of drug-likeness (QED) is 0.501. The molecule has 0 saturated carbocycles. The Labute approximate surface area is 115 Å². The molecule has 2 heterocycles. The van der Waals surface area contributed by atoms with E-state index < -0.39 is 0 Å². The lowest BCUT2D eigenvalue weighted by Crippen LogP contribution is -2.30. The van der Waals surface area contributed by atoms with E-state index in [4.69, 9.17) is 22.1 Å². The van der Waals surface area contributed by atoms with Gasteiger partial charge < -0.3 is 21.1 Å². The lowest BCUT2D eigenvalue weighted by molar-refractivity contribution is -0.115. The first-order chi connectivity index (χ1) is 9.15. The first-order valence-corrected chi connectivity index (χ1v) is 6.54. The Kier molecular flexibility index (Phi) is 3.08. The zero-order chi connectivity index (χ0) is 13.4. The van der Waals surface area contributed by atoms with Crippen LogP contribution in [0.3, 0.4) is 0 Å². The average molecular weight is 280 g/mol. The summed E-state index contributed by atoms with van der Waals surface area (Å²) < 4.78 is 5.73. The predicted octanol–water partition coefficient (Wildman–Crippen LogP) is 1.89. The smallest absolute Gasteiger partial charge is 0.291 e. The monoisotopic (exact) mass is 279 g/mol. The highest BCUT2D eigenvalue weighted by molar-refractivity contribution is 6.31. The summed E-state index contributed by atoms with van der Waals surface area (Å²) in [6.07, 6.45) is 1.62. The first-order valence-electron chi connectivity index (χ1n) is 6.16. The Morgan fingerprint density at radius 3 is 2.74 bits per heavy atom. The largest absolute Gasteiger partial charge is 0.447 e. The molecule has 0 unspecified atom stereocenters. The van der Waals surface area contributed by atoms with Crippen molar-refractivity contribution in [3.8, 4) is 5.75 Å². The van der Waals surface area contributed by atoms with Gasteiger partial charge in [-0.1, -0.05) is 11.6 Å². The van der Waals surface area contributed by atoms with Crippen LogP contribution in [0.2, 0.25) is 5.02 Å². The summed E-state index contributed by atoms with van der Waals surface area (Å²) in [6.45, 7) is 1.72. The van der Waals surface area contributed by atoms with Crippen molar-refractivity contribution in [3.05, 3.63) is 28.5 Å². The van der Waals surface area contributed by atoms with Crippen LogP contribution >= 0.6 is 11.6 Å². The van der Waals surface area contributed by atoms with Gasteiger partial charge >= 0.3 is 0 Å².